The van der Waals surface area contributed by atoms with Gasteiger partial charge >= 0.3 is 0 Å². The summed E-state index contributed by atoms with van der Waals surface area (Å²) in [7, 11) is 0. The zero-order valence-electron chi connectivity index (χ0n) is 23.4. The molecule has 5 rings (SSSR count). The van der Waals surface area contributed by atoms with Gasteiger partial charge in [-0.25, -0.2) is 0 Å². The minimum absolute atomic E-state index is 0.00948. The zero-order valence-corrected chi connectivity index (χ0v) is 24.9. The Hall–Kier alpha value is -3.09. The van der Waals surface area contributed by atoms with Gasteiger partial charge in [-0.3, -0.25) is 14.4 Å². The maximum atomic E-state index is 13.5. The largest absolute Gasteiger partial charge is 0.482 e. The van der Waals surface area contributed by atoms with Crippen molar-refractivity contribution >= 4 is 46.4 Å². The van der Waals surface area contributed by atoms with Crippen LogP contribution in [0.25, 0.3) is 0 Å². The number of ether oxygens (including phenoxy) is 2. The second-order valence-electron chi connectivity index (χ2n) is 12.6. The summed E-state index contributed by atoms with van der Waals surface area (Å²) in [6.45, 7) is 9.85. The lowest BCUT2D eigenvalue weighted by Gasteiger charge is -2.42. The van der Waals surface area contributed by atoms with E-state index < -0.39 is 5.92 Å². The highest BCUT2D eigenvalue weighted by Crippen LogP contribution is 2.53. The van der Waals surface area contributed by atoms with Gasteiger partial charge in [0.25, 0.3) is 5.91 Å². The normalized spacial score (nSPS) is 20.1. The third kappa shape index (κ3) is 5.70. The van der Waals surface area contributed by atoms with E-state index in [-0.39, 0.29) is 39.9 Å². The second-order valence-corrected chi connectivity index (χ2v) is 13.4. The summed E-state index contributed by atoms with van der Waals surface area (Å²) in [6.07, 6.45) is 1.99. The molecule has 6 nitrogen and oxygen atoms in total. The van der Waals surface area contributed by atoms with Crippen molar-refractivity contribution in [2.75, 3.05) is 11.9 Å². The molecule has 1 amide bonds. The first kappa shape index (κ1) is 28.4. The van der Waals surface area contributed by atoms with Gasteiger partial charge in [0, 0.05) is 53.5 Å². The van der Waals surface area contributed by atoms with Crippen molar-refractivity contribution in [3.05, 3.63) is 80.2 Å². The van der Waals surface area contributed by atoms with E-state index in [1.807, 2.05) is 19.1 Å². The molecule has 8 heteroatoms. The number of carbonyl (C=O) groups is 3. The monoisotopic (exact) mass is 581 g/mol. The second kappa shape index (κ2) is 10.4. The van der Waals surface area contributed by atoms with Gasteiger partial charge in [0.2, 0.25) is 0 Å². The Morgan fingerprint density at radius 2 is 1.50 bits per heavy atom. The number of aryl methyl sites for hydroxylation is 1. The first-order valence-electron chi connectivity index (χ1n) is 13.4. The predicted octanol–water partition coefficient (Wildman–Crippen LogP) is 7.72. The number of halogens is 2. The number of Topliss-reactive ketones (excluding diaryl/α,β-unsaturated/α-hetero) is 2. The van der Waals surface area contributed by atoms with Gasteiger partial charge in [-0.15, -0.1) is 0 Å². The van der Waals surface area contributed by atoms with Gasteiger partial charge in [0.15, 0.2) is 18.2 Å². The molecule has 0 radical (unpaired) electrons. The molecule has 0 saturated heterocycles. The number of hydrogen-bond donors (Lipinski definition) is 1. The number of allylic oxidation sites excluding steroid dienone is 4. The maximum Gasteiger partial charge on any atom is 0.262 e. The SMILES string of the molecule is Cc1ccc(NC(=O)COc2ccc(C3C4=C(CC(C)(C)CC4=O)OC4=C3C(=O)CC(C)(C)C4)cc2Cl)cc1Cl. The average molecular weight is 583 g/mol. The number of hydrogen-bond acceptors (Lipinski definition) is 5. The summed E-state index contributed by atoms with van der Waals surface area (Å²) in [5.74, 6) is 0.700. The van der Waals surface area contributed by atoms with Crippen molar-refractivity contribution in [3.63, 3.8) is 0 Å². The molecule has 210 valence electrons. The van der Waals surface area contributed by atoms with E-state index in [0.29, 0.717) is 64.8 Å². The lowest BCUT2D eigenvalue weighted by molar-refractivity contribution is -0.120. The Bertz CT molecular complexity index is 1450. The molecule has 0 atom stereocenters. The van der Waals surface area contributed by atoms with Crippen LogP contribution in [-0.2, 0) is 19.1 Å². The summed E-state index contributed by atoms with van der Waals surface area (Å²) in [5.41, 5.74) is 2.84. The number of anilines is 1. The molecule has 0 spiro atoms. The highest BCUT2D eigenvalue weighted by atomic mass is 35.5. The molecule has 1 N–H and O–H groups in total. The predicted molar refractivity (Wildman–Crippen MR) is 156 cm³/mol. The Morgan fingerprint density at radius 1 is 0.900 bits per heavy atom. The van der Waals surface area contributed by atoms with E-state index in [4.69, 9.17) is 32.7 Å². The Balaban J connectivity index is 1.42. The van der Waals surface area contributed by atoms with Crippen LogP contribution in [0, 0.1) is 17.8 Å². The van der Waals surface area contributed by atoms with Gasteiger partial charge in [-0.2, -0.15) is 0 Å². The van der Waals surface area contributed by atoms with Crippen LogP contribution in [0.1, 0.15) is 70.4 Å². The van der Waals surface area contributed by atoms with E-state index in [0.717, 1.165) is 11.1 Å². The molecule has 0 unspecified atom stereocenters. The van der Waals surface area contributed by atoms with Gasteiger partial charge in [-0.05, 0) is 53.1 Å². The van der Waals surface area contributed by atoms with Crippen LogP contribution < -0.4 is 10.1 Å². The standard InChI is InChI=1S/C32H33Cl2NO5/c1-17-6-8-19(11-20(17)33)35-27(38)16-39-24-9-7-18(10-21(24)34)28-29-22(36)12-31(2,3)14-25(29)40-26-15-32(4,5)13-23(37)30(26)28/h6-11,28H,12-16H2,1-5H3,(H,35,38). The van der Waals surface area contributed by atoms with Crippen LogP contribution in [0.3, 0.4) is 0 Å². The number of ketones is 2. The topological polar surface area (TPSA) is 81.7 Å². The molecule has 2 aromatic rings. The third-order valence-electron chi connectivity index (χ3n) is 7.69. The van der Waals surface area contributed by atoms with Crippen molar-refractivity contribution in [1.29, 1.82) is 0 Å². The Kier molecular flexibility index (Phi) is 7.38. The van der Waals surface area contributed by atoms with Gasteiger partial charge in [-0.1, -0.05) is 63.0 Å². The fraction of sp³-hybridized carbons (Fsp3) is 0.406. The van der Waals surface area contributed by atoms with Crippen molar-refractivity contribution in [2.45, 2.75) is 66.2 Å². The smallest absolute Gasteiger partial charge is 0.262 e. The van der Waals surface area contributed by atoms with Crippen LogP contribution in [0.4, 0.5) is 5.69 Å². The average Bonchev–Trinajstić information content (AvgIpc) is 2.82. The van der Waals surface area contributed by atoms with E-state index >= 15 is 0 Å². The Labute approximate surface area is 244 Å². The maximum absolute atomic E-state index is 13.5. The van der Waals surface area contributed by atoms with Crippen LogP contribution >= 0.6 is 23.2 Å². The van der Waals surface area contributed by atoms with Gasteiger partial charge < -0.3 is 14.8 Å². The summed E-state index contributed by atoms with van der Waals surface area (Å²) < 4.78 is 12.1. The summed E-state index contributed by atoms with van der Waals surface area (Å²) >= 11 is 12.8. The van der Waals surface area contributed by atoms with Crippen LogP contribution in [0.5, 0.6) is 5.75 Å². The zero-order chi connectivity index (χ0) is 29.0. The summed E-state index contributed by atoms with van der Waals surface area (Å²) in [4.78, 5) is 39.4. The highest BCUT2D eigenvalue weighted by molar-refractivity contribution is 6.32. The number of benzene rings is 2. The minimum atomic E-state index is -0.549. The third-order valence-corrected chi connectivity index (χ3v) is 8.39. The molecule has 2 aliphatic carbocycles. The summed E-state index contributed by atoms with van der Waals surface area (Å²) in [6, 6.07) is 10.5. The molecular formula is C32H33Cl2NO5. The van der Waals surface area contributed by atoms with Crippen molar-refractivity contribution in [2.24, 2.45) is 10.8 Å². The summed E-state index contributed by atoms with van der Waals surface area (Å²) in [5, 5.41) is 3.60. The van der Waals surface area contributed by atoms with Crippen molar-refractivity contribution < 1.29 is 23.9 Å². The van der Waals surface area contributed by atoms with E-state index in [1.54, 1.807) is 24.3 Å². The fourth-order valence-corrected chi connectivity index (χ4v) is 6.26. The molecule has 0 aromatic heterocycles. The molecule has 0 bridgehead atoms. The number of amides is 1. The fourth-order valence-electron chi connectivity index (χ4n) is 5.83. The molecule has 1 heterocycles. The number of rotatable bonds is 5. The number of nitrogens with one attached hydrogen (secondary N) is 1. The lowest BCUT2D eigenvalue weighted by Crippen LogP contribution is -2.37. The quantitative estimate of drug-likeness (QED) is 0.391. The molecule has 0 saturated carbocycles. The molecule has 0 fully saturated rings. The minimum Gasteiger partial charge on any atom is -0.482 e. The Morgan fingerprint density at radius 3 is 2.05 bits per heavy atom. The molecule has 3 aliphatic rings. The highest BCUT2D eigenvalue weighted by Gasteiger charge is 2.47. The molecular weight excluding hydrogens is 549 g/mol. The van der Waals surface area contributed by atoms with Gasteiger partial charge in [0.1, 0.15) is 17.3 Å². The van der Waals surface area contributed by atoms with Crippen molar-refractivity contribution in [1.82, 2.24) is 0 Å². The van der Waals surface area contributed by atoms with Gasteiger partial charge in [0.05, 0.1) is 5.02 Å². The van der Waals surface area contributed by atoms with Crippen LogP contribution in [-0.4, -0.2) is 24.1 Å². The molecule has 2 aromatic carbocycles. The van der Waals surface area contributed by atoms with E-state index in [2.05, 4.69) is 33.0 Å². The molecule has 1 aliphatic heterocycles. The number of carbonyl (C=O) groups excluding carboxylic acids is 3. The lowest BCUT2D eigenvalue weighted by atomic mass is 9.65. The van der Waals surface area contributed by atoms with Crippen LogP contribution in [0.2, 0.25) is 10.0 Å². The first-order valence-corrected chi connectivity index (χ1v) is 14.2. The first-order chi connectivity index (χ1) is 18.7. The van der Waals surface area contributed by atoms with E-state index in [9.17, 15) is 14.4 Å². The molecule has 40 heavy (non-hydrogen) atoms. The van der Waals surface area contributed by atoms with E-state index in [1.165, 1.54) is 0 Å². The van der Waals surface area contributed by atoms with Crippen LogP contribution in [0.15, 0.2) is 59.1 Å². The van der Waals surface area contributed by atoms with Crippen molar-refractivity contribution in [3.8, 4) is 5.75 Å².